The summed E-state index contributed by atoms with van der Waals surface area (Å²) in [5.41, 5.74) is 6.40. The van der Waals surface area contributed by atoms with Crippen LogP contribution in [0.2, 0.25) is 0 Å². The van der Waals surface area contributed by atoms with Crippen molar-refractivity contribution in [1.29, 1.82) is 0 Å². The van der Waals surface area contributed by atoms with E-state index in [4.69, 9.17) is 4.42 Å². The van der Waals surface area contributed by atoms with Crippen molar-refractivity contribution in [2.45, 2.75) is 6.92 Å². The number of carbonyl (C=O) groups excluding carboxylic acids is 1. The fraction of sp³-hybridized carbons (Fsp3) is 0.0385. The van der Waals surface area contributed by atoms with Gasteiger partial charge < -0.3 is 9.73 Å². The van der Waals surface area contributed by atoms with Crippen molar-refractivity contribution < 1.29 is 9.21 Å². The number of rotatable bonds is 4. The predicted octanol–water partition coefficient (Wildman–Crippen LogP) is 6.12. The number of carbonyl (C=O) groups is 1. The second-order valence-electron chi connectivity index (χ2n) is 7.27. The summed E-state index contributed by atoms with van der Waals surface area (Å²) >= 11 is 0. The van der Waals surface area contributed by atoms with Crippen LogP contribution in [-0.2, 0) is 0 Å². The molecule has 0 spiro atoms. The number of oxazole rings is 1. The Hall–Kier alpha value is -4.25. The van der Waals surface area contributed by atoms with E-state index < -0.39 is 0 Å². The quantitative estimate of drug-likeness (QED) is 0.391. The second-order valence-corrected chi connectivity index (χ2v) is 7.27. The van der Waals surface area contributed by atoms with Crippen molar-refractivity contribution in [3.8, 4) is 22.6 Å². The molecule has 0 aliphatic heterocycles. The fourth-order valence-electron chi connectivity index (χ4n) is 3.42. The summed E-state index contributed by atoms with van der Waals surface area (Å²) in [6, 6.07) is 27.1. The summed E-state index contributed by atoms with van der Waals surface area (Å²) in [5, 5.41) is 3.01. The summed E-state index contributed by atoms with van der Waals surface area (Å²) in [6.07, 6.45) is 1.67. The van der Waals surface area contributed by atoms with Gasteiger partial charge in [0.05, 0.1) is 0 Å². The SMILES string of the molecule is Cc1ccc(-c2nc3cccnc3o2)cc1NC(=O)c1ccc(-c2ccccc2)cc1. The van der Waals surface area contributed by atoms with Gasteiger partial charge in [0, 0.05) is 23.0 Å². The number of hydrogen-bond acceptors (Lipinski definition) is 4. The molecule has 0 aliphatic rings. The van der Waals surface area contributed by atoms with Crippen LogP contribution in [0.15, 0.2) is 95.5 Å². The number of pyridine rings is 1. The standard InChI is InChI=1S/C26H19N3O2/c1-17-9-10-21(25-29-22-8-5-15-27-26(22)31-25)16-23(17)28-24(30)20-13-11-19(12-14-20)18-6-3-2-4-7-18/h2-16H,1H3,(H,28,30). The summed E-state index contributed by atoms with van der Waals surface area (Å²) in [7, 11) is 0. The first-order valence-electron chi connectivity index (χ1n) is 9.97. The van der Waals surface area contributed by atoms with Crippen molar-refractivity contribution in [3.05, 3.63) is 102 Å². The third-order valence-corrected chi connectivity index (χ3v) is 5.15. The molecule has 5 nitrogen and oxygen atoms in total. The Morgan fingerprint density at radius 3 is 2.35 bits per heavy atom. The van der Waals surface area contributed by atoms with Crippen LogP contribution in [0.5, 0.6) is 0 Å². The Labute approximate surface area is 179 Å². The highest BCUT2D eigenvalue weighted by Gasteiger charge is 2.13. The van der Waals surface area contributed by atoms with E-state index in [1.165, 1.54) is 0 Å². The topological polar surface area (TPSA) is 68.0 Å². The minimum Gasteiger partial charge on any atom is -0.418 e. The minimum absolute atomic E-state index is 0.168. The third-order valence-electron chi connectivity index (χ3n) is 5.15. The van der Waals surface area contributed by atoms with Gasteiger partial charge in [0.2, 0.25) is 11.6 Å². The lowest BCUT2D eigenvalue weighted by Crippen LogP contribution is -2.12. The van der Waals surface area contributed by atoms with Gasteiger partial charge in [0.25, 0.3) is 5.91 Å². The van der Waals surface area contributed by atoms with Crippen molar-refractivity contribution in [2.75, 3.05) is 5.32 Å². The number of fused-ring (bicyclic) bond motifs is 1. The van der Waals surface area contributed by atoms with E-state index in [2.05, 4.69) is 15.3 Å². The summed E-state index contributed by atoms with van der Waals surface area (Å²) in [4.78, 5) is 21.5. The largest absolute Gasteiger partial charge is 0.418 e. The van der Waals surface area contributed by atoms with Crippen LogP contribution < -0.4 is 5.32 Å². The van der Waals surface area contributed by atoms with Gasteiger partial charge in [0.15, 0.2) is 0 Å². The number of benzene rings is 3. The zero-order valence-corrected chi connectivity index (χ0v) is 16.9. The van der Waals surface area contributed by atoms with E-state index in [-0.39, 0.29) is 5.91 Å². The first-order chi connectivity index (χ1) is 15.2. The van der Waals surface area contributed by atoms with E-state index >= 15 is 0 Å². The minimum atomic E-state index is -0.168. The Bertz CT molecular complexity index is 1340. The first kappa shape index (κ1) is 18.8. The number of hydrogen-bond donors (Lipinski definition) is 1. The van der Waals surface area contributed by atoms with Crippen LogP contribution in [0.1, 0.15) is 15.9 Å². The molecule has 0 aliphatic carbocycles. The molecule has 31 heavy (non-hydrogen) atoms. The average molecular weight is 405 g/mol. The highest BCUT2D eigenvalue weighted by molar-refractivity contribution is 6.05. The molecule has 5 rings (SSSR count). The van der Waals surface area contributed by atoms with Crippen LogP contribution in [0.3, 0.4) is 0 Å². The van der Waals surface area contributed by atoms with Crippen LogP contribution in [0.25, 0.3) is 33.8 Å². The van der Waals surface area contributed by atoms with Gasteiger partial charge in [-0.1, -0.05) is 48.5 Å². The van der Waals surface area contributed by atoms with E-state index in [0.717, 1.165) is 22.3 Å². The molecule has 0 atom stereocenters. The smallest absolute Gasteiger partial charge is 0.255 e. The van der Waals surface area contributed by atoms with Gasteiger partial charge in [-0.25, -0.2) is 9.97 Å². The highest BCUT2D eigenvalue weighted by Crippen LogP contribution is 2.28. The number of amides is 1. The maximum absolute atomic E-state index is 12.8. The number of anilines is 1. The number of nitrogens with one attached hydrogen (secondary N) is 1. The Kier molecular flexibility index (Phi) is 4.77. The molecule has 5 aromatic rings. The molecule has 0 saturated heterocycles. The summed E-state index contributed by atoms with van der Waals surface area (Å²) in [5.74, 6) is 0.301. The van der Waals surface area contributed by atoms with Gasteiger partial charge in [-0.05, 0) is 60.0 Å². The number of nitrogens with zero attached hydrogens (tertiary/aromatic N) is 2. The van der Waals surface area contributed by atoms with E-state index in [1.54, 1.807) is 6.20 Å². The Balaban J connectivity index is 1.39. The molecule has 150 valence electrons. The lowest BCUT2D eigenvalue weighted by Gasteiger charge is -2.10. The van der Waals surface area contributed by atoms with Gasteiger partial charge in [-0.3, -0.25) is 4.79 Å². The van der Waals surface area contributed by atoms with Crippen LogP contribution >= 0.6 is 0 Å². The zero-order valence-electron chi connectivity index (χ0n) is 16.9. The fourth-order valence-corrected chi connectivity index (χ4v) is 3.42. The molecule has 5 heteroatoms. The predicted molar refractivity (Wildman–Crippen MR) is 122 cm³/mol. The molecular formula is C26H19N3O2. The molecule has 0 radical (unpaired) electrons. The lowest BCUT2D eigenvalue weighted by molar-refractivity contribution is 0.102. The van der Waals surface area contributed by atoms with E-state index in [9.17, 15) is 4.79 Å². The highest BCUT2D eigenvalue weighted by atomic mass is 16.4. The molecule has 0 fully saturated rings. The van der Waals surface area contributed by atoms with Crippen LogP contribution in [0, 0.1) is 6.92 Å². The molecule has 1 amide bonds. The Morgan fingerprint density at radius 1 is 0.839 bits per heavy atom. The van der Waals surface area contributed by atoms with Crippen molar-refractivity contribution >= 4 is 22.8 Å². The third kappa shape index (κ3) is 3.81. The molecule has 3 aromatic carbocycles. The van der Waals surface area contributed by atoms with Crippen LogP contribution in [-0.4, -0.2) is 15.9 Å². The van der Waals surface area contributed by atoms with Crippen molar-refractivity contribution in [3.63, 3.8) is 0 Å². The molecule has 2 heterocycles. The summed E-state index contributed by atoms with van der Waals surface area (Å²) < 4.78 is 5.76. The lowest BCUT2D eigenvalue weighted by atomic mass is 10.0. The normalized spacial score (nSPS) is 10.9. The van der Waals surface area contributed by atoms with Crippen LogP contribution in [0.4, 0.5) is 5.69 Å². The summed E-state index contributed by atoms with van der Waals surface area (Å²) in [6.45, 7) is 1.95. The van der Waals surface area contributed by atoms with Gasteiger partial charge in [-0.15, -0.1) is 0 Å². The van der Waals surface area contributed by atoms with Gasteiger partial charge in [0.1, 0.15) is 5.52 Å². The second kappa shape index (κ2) is 7.88. The maximum atomic E-state index is 12.8. The maximum Gasteiger partial charge on any atom is 0.255 e. The van der Waals surface area contributed by atoms with Gasteiger partial charge >= 0.3 is 0 Å². The molecule has 2 aromatic heterocycles. The average Bonchev–Trinajstić information content (AvgIpc) is 3.25. The number of aromatic nitrogens is 2. The van der Waals surface area contributed by atoms with E-state index in [0.29, 0.717) is 28.4 Å². The van der Waals surface area contributed by atoms with Crippen molar-refractivity contribution in [2.24, 2.45) is 0 Å². The molecular weight excluding hydrogens is 386 g/mol. The molecule has 0 unspecified atom stereocenters. The zero-order chi connectivity index (χ0) is 21.2. The van der Waals surface area contributed by atoms with E-state index in [1.807, 2.05) is 91.9 Å². The molecule has 0 saturated carbocycles. The molecule has 0 bridgehead atoms. The number of aryl methyl sites for hydroxylation is 1. The van der Waals surface area contributed by atoms with Crippen molar-refractivity contribution in [1.82, 2.24) is 9.97 Å². The monoisotopic (exact) mass is 405 g/mol. The Morgan fingerprint density at radius 2 is 1.58 bits per heavy atom. The molecule has 1 N–H and O–H groups in total. The van der Waals surface area contributed by atoms with Gasteiger partial charge in [-0.2, -0.15) is 0 Å². The first-order valence-corrected chi connectivity index (χ1v) is 9.97.